The van der Waals surface area contributed by atoms with Crippen molar-refractivity contribution < 1.29 is 5.11 Å². The number of phenols is 1. The predicted molar refractivity (Wildman–Crippen MR) is 74.8 cm³/mol. The first-order valence-corrected chi connectivity index (χ1v) is 7.67. The molecule has 0 amide bonds. The number of aromatic hydroxyl groups is 1. The van der Waals surface area contributed by atoms with Crippen LogP contribution in [0.5, 0.6) is 5.75 Å². The molecule has 3 heteroatoms. The lowest BCUT2D eigenvalue weighted by atomic mass is 10.1. The number of hydrogen-bond donors (Lipinski definition) is 2. The molecule has 17 heavy (non-hydrogen) atoms. The fourth-order valence-electron chi connectivity index (χ4n) is 2.53. The van der Waals surface area contributed by atoms with Gasteiger partial charge in [-0.3, -0.25) is 0 Å². The summed E-state index contributed by atoms with van der Waals surface area (Å²) in [5, 5.41) is 13.5. The van der Waals surface area contributed by atoms with Gasteiger partial charge in [0.1, 0.15) is 5.75 Å². The first kappa shape index (κ1) is 12.8. The van der Waals surface area contributed by atoms with Gasteiger partial charge >= 0.3 is 0 Å². The van der Waals surface area contributed by atoms with Crippen LogP contribution in [0.2, 0.25) is 0 Å². The number of benzene rings is 1. The zero-order valence-corrected chi connectivity index (χ0v) is 11.4. The van der Waals surface area contributed by atoms with E-state index in [2.05, 4.69) is 24.6 Å². The molecule has 0 heterocycles. The van der Waals surface area contributed by atoms with Crippen molar-refractivity contribution in [2.45, 2.75) is 38.3 Å². The van der Waals surface area contributed by atoms with E-state index in [0.29, 0.717) is 17.8 Å². The lowest BCUT2D eigenvalue weighted by Gasteiger charge is -2.20. The Morgan fingerprint density at radius 1 is 1.53 bits per heavy atom. The summed E-state index contributed by atoms with van der Waals surface area (Å²) in [5.74, 6) is 1.66. The molecule has 0 aromatic heterocycles. The monoisotopic (exact) mass is 251 g/mol. The minimum atomic E-state index is 0.425. The Balaban J connectivity index is 2.00. The highest BCUT2D eigenvalue weighted by Gasteiger charge is 2.25. The van der Waals surface area contributed by atoms with Crippen molar-refractivity contribution in [2.24, 2.45) is 0 Å². The van der Waals surface area contributed by atoms with Crippen LogP contribution in [-0.2, 0) is 6.42 Å². The average molecular weight is 251 g/mol. The normalized spacial score (nSPS) is 20.2. The molecule has 2 nitrogen and oxygen atoms in total. The zero-order chi connectivity index (χ0) is 12.3. The summed E-state index contributed by atoms with van der Waals surface area (Å²) < 4.78 is 0. The lowest BCUT2D eigenvalue weighted by molar-refractivity contribution is 0.446. The predicted octanol–water partition coefficient (Wildman–Crippen LogP) is 3.11. The van der Waals surface area contributed by atoms with Gasteiger partial charge in [-0.25, -0.2) is 0 Å². The maximum atomic E-state index is 9.79. The molecular weight excluding hydrogens is 230 g/mol. The largest absolute Gasteiger partial charge is 0.508 e. The lowest BCUT2D eigenvalue weighted by Crippen LogP contribution is -2.29. The third kappa shape index (κ3) is 2.96. The van der Waals surface area contributed by atoms with Crippen molar-refractivity contribution in [3.63, 3.8) is 0 Å². The molecule has 2 N–H and O–H groups in total. The van der Waals surface area contributed by atoms with Crippen LogP contribution in [0.1, 0.15) is 36.9 Å². The molecule has 2 atom stereocenters. The molecule has 1 aliphatic carbocycles. The Hall–Kier alpha value is -0.670. The van der Waals surface area contributed by atoms with Crippen LogP contribution in [0, 0.1) is 0 Å². The fraction of sp³-hybridized carbons (Fsp3) is 0.571. The third-order valence-corrected chi connectivity index (χ3v) is 4.13. The molecule has 0 bridgehead atoms. The van der Waals surface area contributed by atoms with Gasteiger partial charge in [0.05, 0.1) is 0 Å². The van der Waals surface area contributed by atoms with Gasteiger partial charge in [0.15, 0.2) is 0 Å². The second-order valence-electron chi connectivity index (χ2n) is 4.79. The summed E-state index contributed by atoms with van der Waals surface area (Å²) in [6.07, 6.45) is 5.45. The smallest absolute Gasteiger partial charge is 0.119 e. The van der Waals surface area contributed by atoms with E-state index in [1.807, 2.05) is 17.8 Å². The third-order valence-electron chi connectivity index (χ3n) is 3.49. The molecule has 2 unspecified atom stereocenters. The molecule has 1 aliphatic rings. The molecule has 94 valence electrons. The summed E-state index contributed by atoms with van der Waals surface area (Å²) in [5.41, 5.74) is 2.43. The zero-order valence-electron chi connectivity index (χ0n) is 10.6. The Kier molecular flexibility index (Phi) is 4.35. The van der Waals surface area contributed by atoms with E-state index in [0.717, 1.165) is 18.4 Å². The van der Waals surface area contributed by atoms with Crippen LogP contribution in [0.25, 0.3) is 0 Å². The number of thioether (sulfide) groups is 1. The van der Waals surface area contributed by atoms with Gasteiger partial charge < -0.3 is 10.4 Å². The van der Waals surface area contributed by atoms with Crippen LogP contribution in [-0.4, -0.2) is 23.2 Å². The summed E-state index contributed by atoms with van der Waals surface area (Å²) in [4.78, 5) is 0. The van der Waals surface area contributed by atoms with E-state index in [1.165, 1.54) is 17.7 Å². The van der Waals surface area contributed by atoms with Crippen molar-refractivity contribution >= 4 is 11.8 Å². The number of hydrogen-bond acceptors (Lipinski definition) is 3. The Morgan fingerprint density at radius 2 is 2.35 bits per heavy atom. The highest BCUT2D eigenvalue weighted by atomic mass is 32.2. The van der Waals surface area contributed by atoms with E-state index in [-0.39, 0.29) is 0 Å². The Morgan fingerprint density at radius 3 is 3.12 bits per heavy atom. The highest BCUT2D eigenvalue weighted by Crippen LogP contribution is 2.36. The van der Waals surface area contributed by atoms with E-state index in [9.17, 15) is 5.11 Å². The van der Waals surface area contributed by atoms with Gasteiger partial charge in [-0.15, -0.1) is 0 Å². The van der Waals surface area contributed by atoms with E-state index >= 15 is 0 Å². The quantitative estimate of drug-likeness (QED) is 0.843. The summed E-state index contributed by atoms with van der Waals surface area (Å²) in [6, 6.07) is 6.84. The highest BCUT2D eigenvalue weighted by molar-refractivity contribution is 7.98. The SMILES string of the molecule is CSCCC(C)NC1CCc2c(O)cccc21. The van der Waals surface area contributed by atoms with Crippen molar-refractivity contribution in [3.05, 3.63) is 29.3 Å². The molecule has 0 aliphatic heterocycles. The van der Waals surface area contributed by atoms with Crippen LogP contribution >= 0.6 is 11.8 Å². The summed E-state index contributed by atoms with van der Waals surface area (Å²) in [7, 11) is 0. The molecule has 2 rings (SSSR count). The second-order valence-corrected chi connectivity index (χ2v) is 5.77. The molecule has 1 aromatic rings. The van der Waals surface area contributed by atoms with Gasteiger partial charge in [-0.2, -0.15) is 11.8 Å². The van der Waals surface area contributed by atoms with Crippen molar-refractivity contribution in [2.75, 3.05) is 12.0 Å². The molecule has 0 spiro atoms. The van der Waals surface area contributed by atoms with Crippen molar-refractivity contribution in [1.29, 1.82) is 0 Å². The second kappa shape index (κ2) is 5.78. The molecule has 0 fully saturated rings. The van der Waals surface area contributed by atoms with Gasteiger partial charge in [0.2, 0.25) is 0 Å². The van der Waals surface area contributed by atoms with Crippen LogP contribution in [0.4, 0.5) is 0 Å². The number of phenolic OH excluding ortho intramolecular Hbond substituents is 1. The minimum absolute atomic E-state index is 0.425. The number of fused-ring (bicyclic) bond motifs is 1. The summed E-state index contributed by atoms with van der Waals surface area (Å²) in [6.45, 7) is 2.25. The number of rotatable bonds is 5. The molecule has 1 aromatic carbocycles. The minimum Gasteiger partial charge on any atom is -0.508 e. The summed E-state index contributed by atoms with van der Waals surface area (Å²) >= 11 is 1.90. The Bertz CT molecular complexity index is 380. The molecule has 0 radical (unpaired) electrons. The van der Waals surface area contributed by atoms with Crippen molar-refractivity contribution in [3.8, 4) is 5.75 Å². The van der Waals surface area contributed by atoms with Crippen LogP contribution in [0.15, 0.2) is 18.2 Å². The molecule has 0 saturated carbocycles. The average Bonchev–Trinajstić information content (AvgIpc) is 2.71. The van der Waals surface area contributed by atoms with E-state index in [1.54, 1.807) is 6.07 Å². The maximum absolute atomic E-state index is 9.79. The molecular formula is C14H21NOS. The number of nitrogens with one attached hydrogen (secondary N) is 1. The molecule has 0 saturated heterocycles. The van der Waals surface area contributed by atoms with Gasteiger partial charge in [0.25, 0.3) is 0 Å². The van der Waals surface area contributed by atoms with E-state index < -0.39 is 0 Å². The maximum Gasteiger partial charge on any atom is 0.119 e. The van der Waals surface area contributed by atoms with Crippen LogP contribution < -0.4 is 5.32 Å². The van der Waals surface area contributed by atoms with E-state index in [4.69, 9.17) is 0 Å². The van der Waals surface area contributed by atoms with Gasteiger partial charge in [-0.05, 0) is 55.4 Å². The van der Waals surface area contributed by atoms with Gasteiger partial charge in [0, 0.05) is 12.1 Å². The topological polar surface area (TPSA) is 32.3 Å². The fourth-order valence-corrected chi connectivity index (χ4v) is 3.12. The standard InChI is InChI=1S/C14H21NOS/c1-10(8-9-17-2)15-13-7-6-12-11(13)4-3-5-14(12)16/h3-5,10,13,15-16H,6-9H2,1-2H3. The first-order valence-electron chi connectivity index (χ1n) is 6.28. The first-order chi connectivity index (χ1) is 8.22. The Labute approximate surface area is 108 Å². The van der Waals surface area contributed by atoms with Gasteiger partial charge in [-0.1, -0.05) is 12.1 Å². The van der Waals surface area contributed by atoms with Crippen molar-refractivity contribution in [1.82, 2.24) is 5.32 Å². The van der Waals surface area contributed by atoms with Crippen LogP contribution in [0.3, 0.4) is 0 Å².